The van der Waals surface area contributed by atoms with Gasteiger partial charge >= 0.3 is 5.97 Å². The second kappa shape index (κ2) is 8.58. The van der Waals surface area contributed by atoms with Crippen LogP contribution in [0.1, 0.15) is 12.5 Å². The van der Waals surface area contributed by atoms with Crippen LogP contribution in [0.2, 0.25) is 0 Å². The number of ether oxygens (including phenoxy) is 1. The third-order valence-corrected chi connectivity index (χ3v) is 4.46. The molecule has 6 nitrogen and oxygen atoms in total. The van der Waals surface area contributed by atoms with Gasteiger partial charge in [0.2, 0.25) is 0 Å². The molecular formula is C20H25N3O3. The smallest absolute Gasteiger partial charge is 0.354 e. The number of carboxylic acids is 1. The molecular weight excluding hydrogens is 330 g/mol. The molecule has 138 valence electrons. The van der Waals surface area contributed by atoms with E-state index in [9.17, 15) is 9.90 Å². The highest BCUT2D eigenvalue weighted by Gasteiger charge is 2.21. The molecule has 1 aromatic carbocycles. The molecule has 0 bridgehead atoms. The number of benzene rings is 1. The Morgan fingerprint density at radius 3 is 2.65 bits per heavy atom. The molecule has 0 aliphatic carbocycles. The number of hydrogen-bond acceptors (Lipinski definition) is 5. The van der Waals surface area contributed by atoms with Gasteiger partial charge in [0.25, 0.3) is 0 Å². The molecule has 0 unspecified atom stereocenters. The highest BCUT2D eigenvalue weighted by atomic mass is 16.5. The predicted octanol–water partition coefficient (Wildman–Crippen LogP) is 2.31. The number of nitrogens with zero attached hydrogens (tertiary/aromatic N) is 2. The first kappa shape index (κ1) is 18.1. The highest BCUT2D eigenvalue weighted by molar-refractivity contribution is 5.88. The molecule has 0 spiro atoms. The normalized spacial score (nSPS) is 17.9. The number of allylic oxidation sites excluding steroid dienone is 2. The Kier molecular flexibility index (Phi) is 5.96. The van der Waals surface area contributed by atoms with Crippen LogP contribution in [0.4, 0.5) is 5.69 Å². The zero-order chi connectivity index (χ0) is 18.4. The van der Waals surface area contributed by atoms with Gasteiger partial charge in [0, 0.05) is 38.1 Å². The van der Waals surface area contributed by atoms with Crippen LogP contribution < -0.4 is 10.2 Å². The largest absolute Gasteiger partial charge is 0.477 e. The Morgan fingerprint density at radius 1 is 1.27 bits per heavy atom. The number of hydrogen-bond donors (Lipinski definition) is 2. The zero-order valence-electron chi connectivity index (χ0n) is 15.0. The first-order chi connectivity index (χ1) is 12.7. The average molecular weight is 355 g/mol. The van der Waals surface area contributed by atoms with Crippen LogP contribution in [0.25, 0.3) is 0 Å². The molecule has 3 rings (SSSR count). The van der Waals surface area contributed by atoms with Crippen LogP contribution >= 0.6 is 0 Å². The minimum atomic E-state index is -0.933. The number of aliphatic carboxylic acids is 1. The fraction of sp³-hybridized carbons (Fsp3) is 0.350. The van der Waals surface area contributed by atoms with Gasteiger partial charge in [-0.05, 0) is 30.7 Å². The van der Waals surface area contributed by atoms with Gasteiger partial charge < -0.3 is 25.0 Å². The van der Waals surface area contributed by atoms with E-state index < -0.39 is 5.97 Å². The second-order valence-electron chi connectivity index (χ2n) is 6.22. The topological polar surface area (TPSA) is 65.0 Å². The van der Waals surface area contributed by atoms with Crippen LogP contribution in [0, 0.1) is 0 Å². The van der Waals surface area contributed by atoms with Crippen molar-refractivity contribution < 1.29 is 14.6 Å². The molecule has 0 saturated carbocycles. The third kappa shape index (κ3) is 4.26. The molecule has 2 aliphatic rings. The summed E-state index contributed by atoms with van der Waals surface area (Å²) in [5.74, 6) is -0.933. The lowest BCUT2D eigenvalue weighted by Gasteiger charge is -2.29. The van der Waals surface area contributed by atoms with Gasteiger partial charge in [-0.25, -0.2) is 4.79 Å². The molecule has 1 saturated heterocycles. The molecule has 26 heavy (non-hydrogen) atoms. The van der Waals surface area contributed by atoms with Gasteiger partial charge in [-0.15, -0.1) is 0 Å². The monoisotopic (exact) mass is 355 g/mol. The van der Waals surface area contributed by atoms with Gasteiger partial charge in [-0.3, -0.25) is 0 Å². The molecule has 6 heteroatoms. The SMILES string of the molecule is C/C=C\N1CC=CC(NCc2ccc(N3CCOCC3)cc2)=C1C(=O)O. The van der Waals surface area contributed by atoms with Crippen molar-refractivity contribution in [2.45, 2.75) is 13.5 Å². The predicted molar refractivity (Wildman–Crippen MR) is 102 cm³/mol. The minimum absolute atomic E-state index is 0.274. The van der Waals surface area contributed by atoms with Crippen LogP contribution in [-0.4, -0.2) is 48.8 Å². The number of carbonyl (C=O) groups is 1. The van der Waals surface area contributed by atoms with Crippen LogP contribution in [0.15, 0.2) is 60.1 Å². The van der Waals surface area contributed by atoms with Gasteiger partial charge in [-0.1, -0.05) is 24.3 Å². The Hall–Kier alpha value is -2.73. The van der Waals surface area contributed by atoms with E-state index in [4.69, 9.17) is 4.74 Å². The van der Waals surface area contributed by atoms with E-state index in [1.807, 2.05) is 25.2 Å². The maximum atomic E-state index is 11.7. The molecule has 2 heterocycles. The summed E-state index contributed by atoms with van der Waals surface area (Å²) in [4.78, 5) is 15.7. The molecule has 1 fully saturated rings. The Balaban J connectivity index is 1.68. The summed E-state index contributed by atoms with van der Waals surface area (Å²) in [6.07, 6.45) is 7.41. The Bertz CT molecular complexity index is 716. The molecule has 2 N–H and O–H groups in total. The van der Waals surface area contributed by atoms with E-state index in [1.54, 1.807) is 11.1 Å². The van der Waals surface area contributed by atoms with Crippen molar-refractivity contribution in [2.24, 2.45) is 0 Å². The summed E-state index contributed by atoms with van der Waals surface area (Å²) < 4.78 is 5.39. The molecule has 2 aliphatic heterocycles. The van der Waals surface area contributed by atoms with Crippen molar-refractivity contribution in [3.63, 3.8) is 0 Å². The zero-order valence-corrected chi connectivity index (χ0v) is 15.0. The molecule has 1 aromatic rings. The fourth-order valence-corrected chi connectivity index (χ4v) is 3.15. The Morgan fingerprint density at radius 2 is 2.00 bits per heavy atom. The molecule has 0 amide bonds. The molecule has 0 aromatic heterocycles. The highest BCUT2D eigenvalue weighted by Crippen LogP contribution is 2.19. The van der Waals surface area contributed by atoms with Gasteiger partial charge in [0.1, 0.15) is 0 Å². The number of rotatable bonds is 6. The number of carboxylic acid groups (broad SMARTS) is 1. The number of morpholine rings is 1. The minimum Gasteiger partial charge on any atom is -0.477 e. The van der Waals surface area contributed by atoms with Crippen molar-refractivity contribution in [1.82, 2.24) is 10.2 Å². The third-order valence-electron chi connectivity index (χ3n) is 4.46. The average Bonchev–Trinajstić information content (AvgIpc) is 2.67. The lowest BCUT2D eigenvalue weighted by Crippen LogP contribution is -2.36. The molecule has 0 atom stereocenters. The maximum absolute atomic E-state index is 11.7. The van der Waals surface area contributed by atoms with Gasteiger partial charge in [-0.2, -0.15) is 0 Å². The lowest BCUT2D eigenvalue weighted by molar-refractivity contribution is -0.134. The molecule has 0 radical (unpaired) electrons. The van der Waals surface area contributed by atoms with E-state index in [1.165, 1.54) is 5.69 Å². The number of nitrogens with one attached hydrogen (secondary N) is 1. The van der Waals surface area contributed by atoms with Crippen molar-refractivity contribution >= 4 is 11.7 Å². The maximum Gasteiger partial charge on any atom is 0.354 e. The summed E-state index contributed by atoms with van der Waals surface area (Å²) in [5.41, 5.74) is 3.20. The van der Waals surface area contributed by atoms with Crippen molar-refractivity contribution in [3.8, 4) is 0 Å². The summed E-state index contributed by atoms with van der Waals surface area (Å²) in [7, 11) is 0. The van der Waals surface area contributed by atoms with Crippen LogP contribution in [-0.2, 0) is 16.1 Å². The van der Waals surface area contributed by atoms with Crippen molar-refractivity contribution in [2.75, 3.05) is 37.7 Å². The van der Waals surface area contributed by atoms with E-state index in [0.29, 0.717) is 18.8 Å². The summed E-state index contributed by atoms with van der Waals surface area (Å²) >= 11 is 0. The van der Waals surface area contributed by atoms with Crippen molar-refractivity contribution in [1.29, 1.82) is 0 Å². The van der Waals surface area contributed by atoms with E-state index in [-0.39, 0.29) is 5.70 Å². The first-order valence-corrected chi connectivity index (χ1v) is 8.88. The van der Waals surface area contributed by atoms with Crippen LogP contribution in [0.3, 0.4) is 0 Å². The summed E-state index contributed by atoms with van der Waals surface area (Å²) in [6, 6.07) is 8.37. The van der Waals surface area contributed by atoms with E-state index in [2.05, 4.69) is 34.5 Å². The van der Waals surface area contributed by atoms with Crippen LogP contribution in [0.5, 0.6) is 0 Å². The summed E-state index contributed by atoms with van der Waals surface area (Å²) in [5, 5.41) is 12.8. The van der Waals surface area contributed by atoms with Gasteiger partial charge in [0.15, 0.2) is 5.70 Å². The first-order valence-electron chi connectivity index (χ1n) is 8.88. The standard InChI is InChI=1S/C20H25N3O3/c1-2-9-23-10-3-4-18(19(23)20(24)25)21-15-16-5-7-17(8-6-16)22-11-13-26-14-12-22/h2-9,21H,10-15H2,1H3,(H,24,25)/b9-2-. The fourth-order valence-electron chi connectivity index (χ4n) is 3.15. The number of anilines is 1. The van der Waals surface area contributed by atoms with Crippen molar-refractivity contribution in [3.05, 3.63) is 65.7 Å². The Labute approximate surface area is 154 Å². The summed E-state index contributed by atoms with van der Waals surface area (Å²) in [6.45, 7) is 6.38. The second-order valence-corrected chi connectivity index (χ2v) is 6.22. The van der Waals surface area contributed by atoms with E-state index in [0.717, 1.165) is 31.9 Å². The quantitative estimate of drug-likeness (QED) is 0.816. The lowest BCUT2D eigenvalue weighted by atomic mass is 10.1. The van der Waals surface area contributed by atoms with E-state index >= 15 is 0 Å². The van der Waals surface area contributed by atoms with Gasteiger partial charge in [0.05, 0.1) is 18.9 Å².